The molecule has 2 heterocycles. The summed E-state index contributed by atoms with van der Waals surface area (Å²) >= 11 is 0. The lowest BCUT2D eigenvalue weighted by Crippen LogP contribution is -2.48. The number of benzene rings is 1. The van der Waals surface area contributed by atoms with E-state index in [1.807, 2.05) is 37.3 Å². The quantitative estimate of drug-likeness (QED) is 0.799. The summed E-state index contributed by atoms with van der Waals surface area (Å²) in [5, 5.41) is 3.75. The van der Waals surface area contributed by atoms with E-state index in [9.17, 15) is 13.2 Å². The van der Waals surface area contributed by atoms with E-state index in [0.29, 0.717) is 31.6 Å². The fourth-order valence-electron chi connectivity index (χ4n) is 3.49. The number of amides is 1. The molecule has 1 aromatic heterocycles. The number of aryl methyl sites for hydroxylation is 2. The average Bonchev–Trinajstić information content (AvgIpc) is 3.24. The number of hydrogen-bond acceptors (Lipinski definition) is 5. The number of likely N-dealkylation sites (N-methyl/N-ethyl adjacent to an activating group) is 1. The average molecular weight is 377 g/mol. The maximum atomic E-state index is 13.2. The van der Waals surface area contributed by atoms with E-state index in [0.717, 1.165) is 5.69 Å². The zero-order chi connectivity index (χ0) is 18.9. The predicted molar refractivity (Wildman–Crippen MR) is 97.4 cm³/mol. The highest BCUT2D eigenvalue weighted by atomic mass is 32.2. The number of anilines is 1. The van der Waals surface area contributed by atoms with E-state index in [2.05, 4.69) is 5.16 Å². The number of aromatic nitrogens is 1. The lowest BCUT2D eigenvalue weighted by atomic mass is 10.2. The Labute approximate surface area is 153 Å². The summed E-state index contributed by atoms with van der Waals surface area (Å²) in [6.07, 6.45) is 1.15. The number of rotatable bonds is 5. The van der Waals surface area contributed by atoms with Crippen LogP contribution in [0.15, 0.2) is 39.8 Å². The molecule has 1 aliphatic rings. The summed E-state index contributed by atoms with van der Waals surface area (Å²) in [5.74, 6) is 0.0440. The van der Waals surface area contributed by atoms with Gasteiger partial charge in [-0.1, -0.05) is 23.4 Å². The van der Waals surface area contributed by atoms with Crippen LogP contribution in [0.1, 0.15) is 31.2 Å². The number of nitrogens with zero attached hydrogens (tertiary/aromatic N) is 3. The molecule has 140 valence electrons. The minimum absolute atomic E-state index is 0.0694. The molecule has 0 radical (unpaired) electrons. The van der Waals surface area contributed by atoms with E-state index in [4.69, 9.17) is 4.52 Å². The van der Waals surface area contributed by atoms with Crippen LogP contribution in [0.25, 0.3) is 0 Å². The van der Waals surface area contributed by atoms with Crippen LogP contribution >= 0.6 is 0 Å². The highest BCUT2D eigenvalue weighted by molar-refractivity contribution is 7.89. The van der Waals surface area contributed by atoms with E-state index in [1.54, 1.807) is 18.7 Å². The van der Waals surface area contributed by atoms with Crippen LogP contribution in [-0.4, -0.2) is 42.9 Å². The lowest BCUT2D eigenvalue weighted by Gasteiger charge is -2.29. The Hall–Kier alpha value is -2.19. The summed E-state index contributed by atoms with van der Waals surface area (Å²) in [5.41, 5.74) is 1.08. The fourth-order valence-corrected chi connectivity index (χ4v) is 5.43. The maximum Gasteiger partial charge on any atom is 0.249 e. The Balaban J connectivity index is 1.94. The first kappa shape index (κ1) is 18.6. The Morgan fingerprint density at radius 2 is 2.00 bits per heavy atom. The first-order valence-corrected chi connectivity index (χ1v) is 10.1. The molecule has 0 aliphatic carbocycles. The molecular formula is C18H23N3O4S. The molecule has 1 atom stereocenters. The zero-order valence-electron chi connectivity index (χ0n) is 15.2. The summed E-state index contributed by atoms with van der Waals surface area (Å²) in [6.45, 7) is 5.83. The van der Waals surface area contributed by atoms with Crippen LogP contribution < -0.4 is 4.90 Å². The number of hydrogen-bond donors (Lipinski definition) is 0. The summed E-state index contributed by atoms with van der Waals surface area (Å²) in [4.78, 5) is 14.9. The van der Waals surface area contributed by atoms with Gasteiger partial charge in [0, 0.05) is 18.8 Å². The van der Waals surface area contributed by atoms with Gasteiger partial charge in [0.1, 0.15) is 16.6 Å². The molecule has 26 heavy (non-hydrogen) atoms. The van der Waals surface area contributed by atoms with Gasteiger partial charge in [-0.15, -0.1) is 0 Å². The topological polar surface area (TPSA) is 83.7 Å². The highest BCUT2D eigenvalue weighted by Crippen LogP contribution is 2.31. The second-order valence-electron chi connectivity index (χ2n) is 6.35. The number of sulfonamides is 1. The summed E-state index contributed by atoms with van der Waals surface area (Å²) in [6, 6.07) is 8.59. The molecule has 1 aliphatic heterocycles. The predicted octanol–water partition coefficient (Wildman–Crippen LogP) is 2.50. The van der Waals surface area contributed by atoms with Crippen molar-refractivity contribution in [2.75, 3.05) is 18.0 Å². The van der Waals surface area contributed by atoms with Crippen molar-refractivity contribution in [2.24, 2.45) is 0 Å². The summed E-state index contributed by atoms with van der Waals surface area (Å²) < 4.78 is 32.6. The van der Waals surface area contributed by atoms with Crippen molar-refractivity contribution in [2.45, 2.75) is 44.6 Å². The van der Waals surface area contributed by atoms with Crippen molar-refractivity contribution in [3.63, 3.8) is 0 Å². The molecule has 0 spiro atoms. The van der Waals surface area contributed by atoms with Crippen molar-refractivity contribution in [3.8, 4) is 0 Å². The molecule has 8 heteroatoms. The molecule has 0 saturated carbocycles. The van der Waals surface area contributed by atoms with E-state index in [1.165, 1.54) is 4.31 Å². The first-order valence-electron chi connectivity index (χ1n) is 8.69. The van der Waals surface area contributed by atoms with Gasteiger partial charge in [0.05, 0.1) is 0 Å². The van der Waals surface area contributed by atoms with Crippen molar-refractivity contribution in [1.29, 1.82) is 0 Å². The maximum absolute atomic E-state index is 13.2. The van der Waals surface area contributed by atoms with Gasteiger partial charge in [0.15, 0.2) is 5.76 Å². The van der Waals surface area contributed by atoms with Crippen molar-refractivity contribution < 1.29 is 17.7 Å². The molecular weight excluding hydrogens is 354 g/mol. The van der Waals surface area contributed by atoms with Crippen LogP contribution in [0.4, 0.5) is 5.69 Å². The fraction of sp³-hybridized carbons (Fsp3) is 0.444. The van der Waals surface area contributed by atoms with Gasteiger partial charge in [0.2, 0.25) is 15.9 Å². The normalized spacial score (nSPS) is 18.2. The second-order valence-corrected chi connectivity index (χ2v) is 8.17. The Morgan fingerprint density at radius 1 is 1.31 bits per heavy atom. The first-order chi connectivity index (χ1) is 12.4. The minimum atomic E-state index is -3.85. The summed E-state index contributed by atoms with van der Waals surface area (Å²) in [7, 11) is -3.85. The van der Waals surface area contributed by atoms with Crippen molar-refractivity contribution in [1.82, 2.24) is 9.46 Å². The van der Waals surface area contributed by atoms with Gasteiger partial charge in [-0.25, -0.2) is 8.42 Å². The standard InChI is InChI=1S/C18H23N3O4S/c1-4-20(15-9-6-5-7-10-15)18(22)16-11-8-12-21(16)26(23,24)17-13(2)19-25-14(17)3/h5-7,9-10,16H,4,8,11-12H2,1-3H3. The number of para-hydroxylation sites is 1. The molecule has 0 bridgehead atoms. The van der Waals surface area contributed by atoms with Gasteiger partial charge in [-0.2, -0.15) is 4.31 Å². The number of carbonyl (C=O) groups excluding carboxylic acids is 1. The van der Waals surface area contributed by atoms with Crippen LogP contribution in [0.5, 0.6) is 0 Å². The van der Waals surface area contributed by atoms with Crippen LogP contribution in [-0.2, 0) is 14.8 Å². The molecule has 1 aromatic carbocycles. The van der Waals surface area contributed by atoms with Crippen LogP contribution in [0.3, 0.4) is 0 Å². The molecule has 7 nitrogen and oxygen atoms in total. The SMILES string of the molecule is CCN(C(=O)C1CCCN1S(=O)(=O)c1c(C)noc1C)c1ccccc1. The molecule has 1 unspecified atom stereocenters. The van der Waals surface area contributed by atoms with Crippen LogP contribution in [0, 0.1) is 13.8 Å². The Kier molecular flexibility index (Phi) is 5.15. The molecule has 2 aromatic rings. The Morgan fingerprint density at radius 3 is 2.58 bits per heavy atom. The highest BCUT2D eigenvalue weighted by Gasteiger charge is 2.43. The van der Waals surface area contributed by atoms with Gasteiger partial charge in [-0.3, -0.25) is 4.79 Å². The lowest BCUT2D eigenvalue weighted by molar-refractivity contribution is -0.121. The largest absolute Gasteiger partial charge is 0.360 e. The van der Waals surface area contributed by atoms with Gasteiger partial charge >= 0.3 is 0 Å². The zero-order valence-corrected chi connectivity index (χ0v) is 16.0. The van der Waals surface area contributed by atoms with Gasteiger partial charge in [-0.05, 0) is 45.7 Å². The van der Waals surface area contributed by atoms with Gasteiger partial charge < -0.3 is 9.42 Å². The molecule has 1 fully saturated rings. The third-order valence-corrected chi connectivity index (χ3v) is 6.83. The smallest absolute Gasteiger partial charge is 0.249 e. The van der Waals surface area contributed by atoms with E-state index >= 15 is 0 Å². The van der Waals surface area contributed by atoms with Crippen molar-refractivity contribution in [3.05, 3.63) is 41.8 Å². The molecule has 1 amide bonds. The molecule has 3 rings (SSSR count). The minimum Gasteiger partial charge on any atom is -0.360 e. The molecule has 0 N–H and O–H groups in total. The number of carbonyl (C=O) groups is 1. The van der Waals surface area contributed by atoms with Crippen molar-refractivity contribution >= 4 is 21.6 Å². The van der Waals surface area contributed by atoms with Crippen LogP contribution in [0.2, 0.25) is 0 Å². The molecule has 1 saturated heterocycles. The Bertz CT molecular complexity index is 873. The van der Waals surface area contributed by atoms with E-state index < -0.39 is 16.1 Å². The second kappa shape index (κ2) is 7.20. The monoisotopic (exact) mass is 377 g/mol. The van der Waals surface area contributed by atoms with E-state index in [-0.39, 0.29) is 16.6 Å². The third-order valence-electron chi connectivity index (χ3n) is 4.67. The van der Waals surface area contributed by atoms with Gasteiger partial charge in [0.25, 0.3) is 0 Å². The third kappa shape index (κ3) is 3.14.